The van der Waals surface area contributed by atoms with Crippen LogP contribution in [0.15, 0.2) is 33.9 Å². The summed E-state index contributed by atoms with van der Waals surface area (Å²) < 4.78 is 10.2. The molecule has 0 fully saturated rings. The van der Waals surface area contributed by atoms with E-state index in [2.05, 4.69) is 18.7 Å². The van der Waals surface area contributed by atoms with Gasteiger partial charge in [-0.1, -0.05) is 46.0 Å². The highest BCUT2D eigenvalue weighted by atomic mass is 16.5. The van der Waals surface area contributed by atoms with Crippen LogP contribution in [-0.4, -0.2) is 32.3 Å². The van der Waals surface area contributed by atoms with E-state index < -0.39 is 0 Å². The van der Waals surface area contributed by atoms with E-state index in [-0.39, 0.29) is 11.2 Å². The monoisotopic (exact) mass is 453 g/mol. The average Bonchev–Trinajstić information content (AvgIpc) is 3.21. The van der Waals surface area contributed by atoms with Crippen LogP contribution >= 0.6 is 0 Å². The Morgan fingerprint density at radius 3 is 2.42 bits per heavy atom. The van der Waals surface area contributed by atoms with E-state index in [0.717, 1.165) is 37.2 Å². The molecule has 0 radical (unpaired) electrons. The van der Waals surface area contributed by atoms with Gasteiger partial charge in [-0.3, -0.25) is 13.9 Å². The highest BCUT2D eigenvalue weighted by Crippen LogP contribution is 2.33. The van der Waals surface area contributed by atoms with Crippen molar-refractivity contribution in [2.24, 2.45) is 13.0 Å². The van der Waals surface area contributed by atoms with Crippen molar-refractivity contribution in [2.45, 2.75) is 65.5 Å². The molecule has 0 amide bonds. The molecule has 1 aliphatic heterocycles. The predicted molar refractivity (Wildman–Crippen MR) is 132 cm³/mol. The number of aromatic nitrogens is 4. The third-order valence-corrected chi connectivity index (χ3v) is 6.56. The number of benzene rings is 1. The van der Waals surface area contributed by atoms with Crippen LogP contribution < -0.4 is 20.9 Å². The number of nitrogens with zero attached hydrogens (tertiary/aromatic N) is 5. The second kappa shape index (κ2) is 9.85. The first-order valence-corrected chi connectivity index (χ1v) is 12.1. The van der Waals surface area contributed by atoms with E-state index in [9.17, 15) is 9.59 Å². The molecule has 1 aromatic carbocycles. The smallest absolute Gasteiger partial charge is 0.332 e. The fourth-order valence-electron chi connectivity index (χ4n) is 4.73. The highest BCUT2D eigenvalue weighted by Gasteiger charge is 2.29. The molecule has 4 rings (SSSR count). The lowest BCUT2D eigenvalue weighted by Crippen LogP contribution is -2.40. The number of fused-ring (bicyclic) bond motifs is 3. The molecule has 3 aromatic rings. The van der Waals surface area contributed by atoms with Crippen LogP contribution in [0.2, 0.25) is 0 Å². The lowest BCUT2D eigenvalue weighted by atomic mass is 10.1. The first kappa shape index (κ1) is 23.1. The summed E-state index contributed by atoms with van der Waals surface area (Å²) in [6.45, 7) is 6.30. The summed E-state index contributed by atoms with van der Waals surface area (Å²) in [7, 11) is 3.36. The summed E-state index contributed by atoms with van der Waals surface area (Å²) in [4.78, 5) is 33.4. The Hall–Kier alpha value is -3.03. The van der Waals surface area contributed by atoms with Crippen LogP contribution in [0.1, 0.15) is 52.4 Å². The average molecular weight is 454 g/mol. The van der Waals surface area contributed by atoms with Gasteiger partial charge >= 0.3 is 5.69 Å². The van der Waals surface area contributed by atoms with Gasteiger partial charge in [-0.05, 0) is 36.6 Å². The molecule has 1 aliphatic rings. The summed E-state index contributed by atoms with van der Waals surface area (Å²) in [5.41, 5.74) is 1.43. The van der Waals surface area contributed by atoms with Gasteiger partial charge in [-0.15, -0.1) is 0 Å². The van der Waals surface area contributed by atoms with Crippen molar-refractivity contribution in [1.29, 1.82) is 0 Å². The standard InChI is InChI=1S/C25H35N5O3/c1-5-6-7-8-9-10-15-28-23(31)21-22(27(3)25(28)32)26-24-29(16-18(2)17-30(21)24)19-11-13-20(33-4)14-12-19/h11-14,18H,5-10,15-17H2,1-4H3/t18-/m0/s1. The van der Waals surface area contributed by atoms with E-state index in [1.165, 1.54) is 28.4 Å². The maximum Gasteiger partial charge on any atom is 0.332 e. The van der Waals surface area contributed by atoms with Gasteiger partial charge in [0.15, 0.2) is 11.2 Å². The summed E-state index contributed by atoms with van der Waals surface area (Å²) in [6.07, 6.45) is 6.65. The number of aryl methyl sites for hydroxylation is 1. The molecular formula is C25H35N5O3. The number of rotatable bonds is 9. The first-order valence-electron chi connectivity index (χ1n) is 12.1. The molecule has 0 unspecified atom stereocenters. The third-order valence-electron chi connectivity index (χ3n) is 6.56. The van der Waals surface area contributed by atoms with E-state index in [1.807, 2.05) is 28.8 Å². The minimum Gasteiger partial charge on any atom is -0.497 e. The molecule has 0 spiro atoms. The van der Waals surface area contributed by atoms with Crippen molar-refractivity contribution >= 4 is 22.8 Å². The molecule has 8 heteroatoms. The van der Waals surface area contributed by atoms with Gasteiger partial charge in [0.1, 0.15) is 5.75 Å². The van der Waals surface area contributed by atoms with Crippen molar-refractivity contribution in [3.05, 3.63) is 45.1 Å². The molecule has 0 bridgehead atoms. The fourth-order valence-corrected chi connectivity index (χ4v) is 4.73. The highest BCUT2D eigenvalue weighted by molar-refractivity contribution is 5.77. The van der Waals surface area contributed by atoms with Gasteiger partial charge in [0.25, 0.3) is 5.56 Å². The maximum absolute atomic E-state index is 13.5. The van der Waals surface area contributed by atoms with Crippen LogP contribution in [0.5, 0.6) is 5.75 Å². The van der Waals surface area contributed by atoms with Crippen molar-refractivity contribution in [3.63, 3.8) is 0 Å². The number of ether oxygens (including phenoxy) is 1. The van der Waals surface area contributed by atoms with Crippen molar-refractivity contribution in [3.8, 4) is 5.75 Å². The van der Waals surface area contributed by atoms with Gasteiger partial charge in [-0.2, -0.15) is 4.98 Å². The third kappa shape index (κ3) is 4.43. The fraction of sp³-hybridized carbons (Fsp3) is 0.560. The zero-order valence-electron chi connectivity index (χ0n) is 20.2. The topological polar surface area (TPSA) is 74.3 Å². The number of hydrogen-bond donors (Lipinski definition) is 0. The van der Waals surface area contributed by atoms with Crippen LogP contribution in [0.4, 0.5) is 11.6 Å². The largest absolute Gasteiger partial charge is 0.497 e. The van der Waals surface area contributed by atoms with E-state index in [4.69, 9.17) is 9.72 Å². The van der Waals surface area contributed by atoms with Crippen molar-refractivity contribution < 1.29 is 4.74 Å². The van der Waals surface area contributed by atoms with Crippen LogP contribution in [0.3, 0.4) is 0 Å². The van der Waals surface area contributed by atoms with E-state index in [1.54, 1.807) is 14.2 Å². The Morgan fingerprint density at radius 1 is 1.03 bits per heavy atom. The zero-order valence-corrected chi connectivity index (χ0v) is 20.2. The lowest BCUT2D eigenvalue weighted by molar-refractivity contribution is 0.414. The first-order chi connectivity index (χ1) is 16.0. The number of anilines is 2. The molecule has 0 saturated heterocycles. The summed E-state index contributed by atoms with van der Waals surface area (Å²) >= 11 is 0. The summed E-state index contributed by atoms with van der Waals surface area (Å²) in [6, 6.07) is 7.84. The van der Waals surface area contributed by atoms with Crippen LogP contribution in [0, 0.1) is 5.92 Å². The number of imidazole rings is 1. The molecule has 0 aliphatic carbocycles. The van der Waals surface area contributed by atoms with Gasteiger partial charge in [-0.25, -0.2) is 4.79 Å². The van der Waals surface area contributed by atoms with Gasteiger partial charge < -0.3 is 14.2 Å². The Balaban J connectivity index is 1.72. The zero-order chi connectivity index (χ0) is 23.5. The summed E-state index contributed by atoms with van der Waals surface area (Å²) in [5, 5.41) is 0. The van der Waals surface area contributed by atoms with Gasteiger partial charge in [0.05, 0.1) is 7.11 Å². The Labute approximate surface area is 194 Å². The second-order valence-electron chi connectivity index (χ2n) is 9.17. The molecule has 1 atom stereocenters. The minimum atomic E-state index is -0.291. The molecule has 0 N–H and O–H groups in total. The molecule has 178 valence electrons. The van der Waals surface area contributed by atoms with Crippen LogP contribution in [-0.2, 0) is 20.1 Å². The SMILES string of the molecule is CCCCCCCCn1c(=O)c2c(nc3n2C[C@@H](C)CN3c2ccc(OC)cc2)n(C)c1=O. The van der Waals surface area contributed by atoms with E-state index in [0.29, 0.717) is 36.1 Å². The van der Waals surface area contributed by atoms with E-state index >= 15 is 0 Å². The Kier molecular flexibility index (Phi) is 6.91. The second-order valence-corrected chi connectivity index (χ2v) is 9.17. The molecule has 2 aromatic heterocycles. The Morgan fingerprint density at radius 2 is 1.73 bits per heavy atom. The Bertz CT molecular complexity index is 1220. The van der Waals surface area contributed by atoms with Crippen LogP contribution in [0.25, 0.3) is 11.2 Å². The maximum atomic E-state index is 13.5. The van der Waals surface area contributed by atoms with Crippen molar-refractivity contribution in [1.82, 2.24) is 18.7 Å². The number of hydrogen-bond acceptors (Lipinski definition) is 5. The van der Waals surface area contributed by atoms with Gasteiger partial charge in [0.2, 0.25) is 5.95 Å². The molecule has 0 saturated carbocycles. The molecule has 33 heavy (non-hydrogen) atoms. The quantitative estimate of drug-likeness (QED) is 0.457. The van der Waals surface area contributed by atoms with Crippen molar-refractivity contribution in [2.75, 3.05) is 18.6 Å². The number of methoxy groups -OCH3 is 1. The normalized spacial score (nSPS) is 15.8. The number of unbranched alkanes of at least 4 members (excludes halogenated alkanes) is 5. The summed E-state index contributed by atoms with van der Waals surface area (Å²) in [5.74, 6) is 1.82. The molecule has 8 nitrogen and oxygen atoms in total. The predicted octanol–water partition coefficient (Wildman–Crippen LogP) is 4.05. The minimum absolute atomic E-state index is 0.232. The molecular weight excluding hydrogens is 418 g/mol. The molecule has 3 heterocycles. The lowest BCUT2D eigenvalue weighted by Gasteiger charge is -2.33. The van der Waals surface area contributed by atoms with Gasteiger partial charge in [0, 0.05) is 32.4 Å².